The van der Waals surface area contributed by atoms with Crippen LogP contribution >= 0.6 is 0 Å². The summed E-state index contributed by atoms with van der Waals surface area (Å²) in [5, 5.41) is 7.35. The molecule has 1 aliphatic heterocycles. The Morgan fingerprint density at radius 2 is 1.83 bits per heavy atom. The molecule has 3 rings (SSSR count). The van der Waals surface area contributed by atoms with Gasteiger partial charge in [-0.3, -0.25) is 14.9 Å². The Balaban J connectivity index is 1.62. The molecule has 1 heterocycles. The number of nitrogens with one attached hydrogen (secondary N) is 3. The van der Waals surface area contributed by atoms with Crippen molar-refractivity contribution >= 4 is 23.9 Å². The summed E-state index contributed by atoms with van der Waals surface area (Å²) in [6.45, 7) is 2.48. The highest BCUT2D eigenvalue weighted by molar-refractivity contribution is 6.14. The molecule has 0 atom stereocenters. The SMILES string of the molecule is CCOc1cc(/C=C2\NC(=O)NC2=O)ccc1OCC(=O)NCc1ccccc1. The van der Waals surface area contributed by atoms with Crippen molar-refractivity contribution in [3.8, 4) is 11.5 Å². The Morgan fingerprint density at radius 3 is 2.52 bits per heavy atom. The van der Waals surface area contributed by atoms with Crippen molar-refractivity contribution in [3.05, 3.63) is 65.4 Å². The van der Waals surface area contributed by atoms with Gasteiger partial charge in [0.25, 0.3) is 11.8 Å². The van der Waals surface area contributed by atoms with Crippen LogP contribution in [0, 0.1) is 0 Å². The molecule has 0 radical (unpaired) electrons. The number of hydrogen-bond donors (Lipinski definition) is 3. The zero-order valence-corrected chi connectivity index (χ0v) is 15.9. The van der Waals surface area contributed by atoms with Crippen molar-refractivity contribution in [1.29, 1.82) is 0 Å². The summed E-state index contributed by atoms with van der Waals surface area (Å²) in [5.41, 5.74) is 1.78. The maximum Gasteiger partial charge on any atom is 0.326 e. The molecule has 0 spiro atoms. The molecule has 8 nitrogen and oxygen atoms in total. The first-order valence-electron chi connectivity index (χ1n) is 9.09. The van der Waals surface area contributed by atoms with Crippen LogP contribution in [0.25, 0.3) is 6.08 Å². The van der Waals surface area contributed by atoms with E-state index in [1.54, 1.807) is 18.2 Å². The van der Waals surface area contributed by atoms with Gasteiger partial charge < -0.3 is 20.1 Å². The summed E-state index contributed by atoms with van der Waals surface area (Å²) < 4.78 is 11.2. The predicted molar refractivity (Wildman–Crippen MR) is 106 cm³/mol. The molecule has 2 aromatic rings. The lowest BCUT2D eigenvalue weighted by Crippen LogP contribution is -2.28. The minimum Gasteiger partial charge on any atom is -0.490 e. The number of rotatable bonds is 8. The Bertz CT molecular complexity index is 941. The maximum atomic E-state index is 12.1. The van der Waals surface area contributed by atoms with E-state index >= 15 is 0 Å². The molecule has 3 N–H and O–H groups in total. The first-order chi connectivity index (χ1) is 14.0. The summed E-state index contributed by atoms with van der Waals surface area (Å²) >= 11 is 0. The van der Waals surface area contributed by atoms with Crippen LogP contribution in [0.1, 0.15) is 18.1 Å². The largest absolute Gasteiger partial charge is 0.490 e. The number of hydrogen-bond acceptors (Lipinski definition) is 5. The van der Waals surface area contributed by atoms with Gasteiger partial charge in [0.15, 0.2) is 18.1 Å². The van der Waals surface area contributed by atoms with Gasteiger partial charge in [-0.1, -0.05) is 36.4 Å². The van der Waals surface area contributed by atoms with Gasteiger partial charge in [0.05, 0.1) is 6.61 Å². The summed E-state index contributed by atoms with van der Waals surface area (Å²) in [5.74, 6) is 0.0856. The molecule has 2 aromatic carbocycles. The van der Waals surface area contributed by atoms with E-state index in [0.29, 0.717) is 30.2 Å². The van der Waals surface area contributed by atoms with E-state index in [-0.39, 0.29) is 18.2 Å². The highest BCUT2D eigenvalue weighted by atomic mass is 16.5. The number of benzene rings is 2. The van der Waals surface area contributed by atoms with Crippen molar-refractivity contribution in [1.82, 2.24) is 16.0 Å². The van der Waals surface area contributed by atoms with Crippen molar-refractivity contribution < 1.29 is 23.9 Å². The molecule has 4 amide bonds. The zero-order valence-electron chi connectivity index (χ0n) is 15.9. The molecular weight excluding hydrogens is 374 g/mol. The molecule has 0 bridgehead atoms. The lowest BCUT2D eigenvalue weighted by atomic mass is 10.1. The highest BCUT2D eigenvalue weighted by Crippen LogP contribution is 2.29. The molecule has 8 heteroatoms. The Kier molecular flexibility index (Phi) is 6.47. The molecule has 1 fully saturated rings. The van der Waals surface area contributed by atoms with Crippen LogP contribution in [-0.4, -0.2) is 31.1 Å². The highest BCUT2D eigenvalue weighted by Gasteiger charge is 2.22. The van der Waals surface area contributed by atoms with E-state index < -0.39 is 11.9 Å². The van der Waals surface area contributed by atoms with Gasteiger partial charge in [-0.2, -0.15) is 0 Å². The standard InChI is InChI=1S/C21H21N3O5/c1-2-28-18-11-15(10-16-20(26)24-21(27)23-16)8-9-17(18)29-13-19(25)22-12-14-6-4-3-5-7-14/h3-11H,2,12-13H2,1H3,(H,22,25)(H2,23,24,26,27)/b16-10-. The smallest absolute Gasteiger partial charge is 0.326 e. The summed E-state index contributed by atoms with van der Waals surface area (Å²) in [6, 6.07) is 14.0. The maximum absolute atomic E-state index is 12.1. The van der Waals surface area contributed by atoms with Crippen LogP contribution in [0.3, 0.4) is 0 Å². The van der Waals surface area contributed by atoms with Crippen LogP contribution < -0.4 is 25.4 Å². The number of imide groups is 1. The quantitative estimate of drug-likeness (QED) is 0.468. The molecule has 0 unspecified atom stereocenters. The van der Waals surface area contributed by atoms with Gasteiger partial charge >= 0.3 is 6.03 Å². The van der Waals surface area contributed by atoms with Crippen molar-refractivity contribution in [3.63, 3.8) is 0 Å². The summed E-state index contributed by atoms with van der Waals surface area (Å²) in [6.07, 6.45) is 1.53. The van der Waals surface area contributed by atoms with E-state index in [4.69, 9.17) is 9.47 Å². The normalized spacial score (nSPS) is 14.3. The average molecular weight is 395 g/mol. The second-order valence-corrected chi connectivity index (χ2v) is 6.16. The Hall–Kier alpha value is -3.81. The Morgan fingerprint density at radius 1 is 1.03 bits per heavy atom. The number of carbonyl (C=O) groups excluding carboxylic acids is 3. The Labute approximate surface area is 167 Å². The first-order valence-corrected chi connectivity index (χ1v) is 9.09. The van der Waals surface area contributed by atoms with E-state index in [9.17, 15) is 14.4 Å². The van der Waals surface area contributed by atoms with Crippen LogP contribution in [0.2, 0.25) is 0 Å². The van der Waals surface area contributed by atoms with Crippen LogP contribution in [-0.2, 0) is 16.1 Å². The number of carbonyl (C=O) groups is 3. The average Bonchev–Trinajstić information content (AvgIpc) is 3.03. The number of amides is 4. The zero-order chi connectivity index (χ0) is 20.6. The molecule has 150 valence electrons. The van der Waals surface area contributed by atoms with Gasteiger partial charge in [-0.25, -0.2) is 4.79 Å². The molecule has 29 heavy (non-hydrogen) atoms. The molecular formula is C21H21N3O5. The van der Waals surface area contributed by atoms with Gasteiger partial charge in [0.2, 0.25) is 0 Å². The first kappa shape index (κ1) is 19.9. The lowest BCUT2D eigenvalue weighted by molar-refractivity contribution is -0.123. The second kappa shape index (κ2) is 9.41. The predicted octanol–water partition coefficient (Wildman–Crippen LogP) is 1.96. The van der Waals surface area contributed by atoms with Crippen LogP contribution in [0.5, 0.6) is 11.5 Å². The monoisotopic (exact) mass is 395 g/mol. The number of urea groups is 1. The van der Waals surface area contributed by atoms with E-state index in [2.05, 4.69) is 16.0 Å². The summed E-state index contributed by atoms with van der Waals surface area (Å²) in [7, 11) is 0. The third-order valence-corrected chi connectivity index (χ3v) is 3.99. The van der Waals surface area contributed by atoms with Crippen LogP contribution in [0.15, 0.2) is 54.2 Å². The lowest BCUT2D eigenvalue weighted by Gasteiger charge is -2.13. The third kappa shape index (κ3) is 5.58. The van der Waals surface area contributed by atoms with Crippen molar-refractivity contribution in [2.75, 3.05) is 13.2 Å². The molecule has 1 aliphatic rings. The molecule has 0 aromatic heterocycles. The fraction of sp³-hybridized carbons (Fsp3) is 0.190. The van der Waals surface area contributed by atoms with E-state index in [1.807, 2.05) is 37.3 Å². The van der Waals surface area contributed by atoms with Gasteiger partial charge in [0.1, 0.15) is 5.70 Å². The van der Waals surface area contributed by atoms with Crippen molar-refractivity contribution in [2.24, 2.45) is 0 Å². The molecule has 0 aliphatic carbocycles. The molecule has 1 saturated heterocycles. The van der Waals surface area contributed by atoms with Gasteiger partial charge in [-0.05, 0) is 36.3 Å². The van der Waals surface area contributed by atoms with Crippen LogP contribution in [0.4, 0.5) is 4.79 Å². The van der Waals surface area contributed by atoms with E-state index in [0.717, 1.165) is 5.56 Å². The van der Waals surface area contributed by atoms with E-state index in [1.165, 1.54) is 6.08 Å². The second-order valence-electron chi connectivity index (χ2n) is 6.16. The molecule has 0 saturated carbocycles. The topological polar surface area (TPSA) is 106 Å². The fourth-order valence-corrected chi connectivity index (χ4v) is 2.64. The van der Waals surface area contributed by atoms with Gasteiger partial charge in [-0.15, -0.1) is 0 Å². The van der Waals surface area contributed by atoms with Gasteiger partial charge in [0, 0.05) is 6.54 Å². The fourth-order valence-electron chi connectivity index (χ4n) is 2.64. The third-order valence-electron chi connectivity index (χ3n) is 3.99. The number of ether oxygens (including phenoxy) is 2. The van der Waals surface area contributed by atoms with Crippen molar-refractivity contribution in [2.45, 2.75) is 13.5 Å². The minimum atomic E-state index is -0.562. The summed E-state index contributed by atoms with van der Waals surface area (Å²) in [4.78, 5) is 34.9. The minimum absolute atomic E-state index is 0.145.